The summed E-state index contributed by atoms with van der Waals surface area (Å²) in [6.45, 7) is -0.290. The van der Waals surface area contributed by atoms with Gasteiger partial charge in [0.15, 0.2) is 0 Å². The van der Waals surface area contributed by atoms with Gasteiger partial charge in [0.05, 0.1) is 0 Å². The van der Waals surface area contributed by atoms with E-state index in [4.69, 9.17) is 9.47 Å². The third-order valence-corrected chi connectivity index (χ3v) is 4.77. The first-order valence-electron chi connectivity index (χ1n) is 10.2. The Kier molecular flexibility index (Phi) is 8.02. The van der Waals surface area contributed by atoms with E-state index in [1.807, 2.05) is 0 Å². The van der Waals surface area contributed by atoms with Crippen LogP contribution in [0, 0.1) is 0 Å². The number of carbonyl (C=O) groups is 3. The van der Waals surface area contributed by atoms with E-state index in [9.17, 15) is 24.6 Å². The quantitative estimate of drug-likeness (QED) is 0.525. The summed E-state index contributed by atoms with van der Waals surface area (Å²) in [5.74, 6) is -1.40. The minimum absolute atomic E-state index is 0.00650. The van der Waals surface area contributed by atoms with E-state index in [1.165, 1.54) is 24.3 Å². The van der Waals surface area contributed by atoms with Crippen LogP contribution in [0.2, 0.25) is 0 Å². The van der Waals surface area contributed by atoms with E-state index in [2.05, 4.69) is 0 Å². The topological polar surface area (TPSA) is 113 Å². The number of hydrogen-bond donors (Lipinski definition) is 2. The molecule has 0 saturated heterocycles. The molecule has 3 aromatic rings. The van der Waals surface area contributed by atoms with E-state index in [0.717, 1.165) is 0 Å². The highest BCUT2D eigenvalue weighted by molar-refractivity contribution is 5.93. The van der Waals surface area contributed by atoms with E-state index < -0.39 is 24.2 Å². The highest BCUT2D eigenvalue weighted by Gasteiger charge is 2.37. The van der Waals surface area contributed by atoms with Crippen molar-refractivity contribution in [3.8, 4) is 5.75 Å². The SMILES string of the molecule is O=C(O)C(Cc1ccc(O)cc1)N(C(=O)OCc1ccccc1)C(=O)OCc1ccccc1. The van der Waals surface area contributed by atoms with Crippen molar-refractivity contribution in [3.63, 3.8) is 0 Å². The molecule has 33 heavy (non-hydrogen) atoms. The molecule has 0 fully saturated rings. The highest BCUT2D eigenvalue weighted by Crippen LogP contribution is 2.17. The highest BCUT2D eigenvalue weighted by atomic mass is 16.6. The standard InChI is InChI=1S/C25H23NO7/c27-21-13-11-18(12-14-21)15-22(23(28)29)26(24(30)32-16-19-7-3-1-4-8-19)25(31)33-17-20-9-5-2-6-10-20/h1-14,22,27H,15-17H2,(H,28,29). The summed E-state index contributed by atoms with van der Waals surface area (Å²) < 4.78 is 10.5. The Bertz CT molecular complexity index is 1010. The van der Waals surface area contributed by atoms with Crippen molar-refractivity contribution in [1.29, 1.82) is 0 Å². The fourth-order valence-electron chi connectivity index (χ4n) is 3.05. The minimum atomic E-state index is -1.58. The second kappa shape index (κ2) is 11.3. The number of carboxylic acids is 1. The lowest BCUT2D eigenvalue weighted by molar-refractivity contribution is -0.142. The maximum atomic E-state index is 12.9. The largest absolute Gasteiger partial charge is 0.508 e. The minimum Gasteiger partial charge on any atom is -0.508 e. The summed E-state index contributed by atoms with van der Waals surface area (Å²) >= 11 is 0. The zero-order valence-electron chi connectivity index (χ0n) is 17.7. The fourth-order valence-corrected chi connectivity index (χ4v) is 3.05. The average Bonchev–Trinajstić information content (AvgIpc) is 2.83. The Morgan fingerprint density at radius 3 is 1.58 bits per heavy atom. The number of aliphatic carboxylic acids is 1. The summed E-state index contributed by atoms with van der Waals surface area (Å²) in [7, 11) is 0. The zero-order chi connectivity index (χ0) is 23.6. The number of nitrogens with zero attached hydrogens (tertiary/aromatic N) is 1. The number of carboxylic acid groups (broad SMARTS) is 1. The van der Waals surface area contributed by atoms with Crippen LogP contribution in [0.15, 0.2) is 84.9 Å². The van der Waals surface area contributed by atoms with Crippen molar-refractivity contribution in [3.05, 3.63) is 102 Å². The van der Waals surface area contributed by atoms with Crippen LogP contribution in [0.1, 0.15) is 16.7 Å². The van der Waals surface area contributed by atoms with Crippen LogP contribution < -0.4 is 0 Å². The van der Waals surface area contributed by atoms with Gasteiger partial charge in [-0.25, -0.2) is 14.4 Å². The third kappa shape index (κ3) is 6.83. The molecule has 0 radical (unpaired) electrons. The van der Waals surface area contributed by atoms with Crippen molar-refractivity contribution in [2.45, 2.75) is 25.7 Å². The first kappa shape index (κ1) is 23.3. The molecule has 0 saturated carbocycles. The maximum absolute atomic E-state index is 12.9. The molecule has 8 heteroatoms. The Hall–Kier alpha value is -4.33. The van der Waals surface area contributed by atoms with Gasteiger partial charge in [0.2, 0.25) is 0 Å². The maximum Gasteiger partial charge on any atom is 0.420 e. The number of amides is 2. The molecule has 2 N–H and O–H groups in total. The first-order valence-corrected chi connectivity index (χ1v) is 10.2. The molecule has 3 rings (SSSR count). The molecule has 0 spiro atoms. The predicted octanol–water partition coefficient (Wildman–Crippen LogP) is 4.36. The van der Waals surface area contributed by atoms with Gasteiger partial charge in [-0.15, -0.1) is 0 Å². The average molecular weight is 449 g/mol. The van der Waals surface area contributed by atoms with Crippen molar-refractivity contribution >= 4 is 18.2 Å². The smallest absolute Gasteiger partial charge is 0.420 e. The number of carbonyl (C=O) groups excluding carboxylic acids is 2. The molecule has 0 heterocycles. The van der Waals surface area contributed by atoms with Gasteiger partial charge >= 0.3 is 18.2 Å². The summed E-state index contributed by atoms with van der Waals surface area (Å²) in [5.41, 5.74) is 1.85. The Morgan fingerprint density at radius 1 is 0.697 bits per heavy atom. The molecule has 1 atom stereocenters. The second-order valence-corrected chi connectivity index (χ2v) is 7.17. The number of ether oxygens (including phenoxy) is 2. The third-order valence-electron chi connectivity index (χ3n) is 4.77. The van der Waals surface area contributed by atoms with Crippen LogP contribution >= 0.6 is 0 Å². The summed E-state index contributed by atoms with van der Waals surface area (Å²) in [6, 6.07) is 21.8. The molecule has 2 amide bonds. The molecule has 0 aromatic heterocycles. The van der Waals surface area contributed by atoms with Crippen molar-refractivity contribution in [2.24, 2.45) is 0 Å². The van der Waals surface area contributed by atoms with Crippen molar-refractivity contribution in [2.75, 3.05) is 0 Å². The second-order valence-electron chi connectivity index (χ2n) is 7.17. The number of aromatic hydroxyl groups is 1. The number of phenols is 1. The van der Waals surface area contributed by atoms with Crippen molar-refractivity contribution < 1.29 is 34.1 Å². The summed E-state index contributed by atoms with van der Waals surface area (Å²) in [5, 5.41) is 19.3. The lowest BCUT2D eigenvalue weighted by Gasteiger charge is -2.26. The van der Waals surface area contributed by atoms with E-state index in [0.29, 0.717) is 21.6 Å². The van der Waals surface area contributed by atoms with Crippen LogP contribution in [0.25, 0.3) is 0 Å². The molecule has 3 aromatic carbocycles. The van der Waals surface area contributed by atoms with Crippen molar-refractivity contribution in [1.82, 2.24) is 4.90 Å². The lowest BCUT2D eigenvalue weighted by atomic mass is 10.0. The number of imide groups is 1. The molecule has 170 valence electrons. The van der Waals surface area contributed by atoms with Crippen LogP contribution in [0.3, 0.4) is 0 Å². The Morgan fingerprint density at radius 2 is 1.15 bits per heavy atom. The number of rotatable bonds is 8. The first-order chi connectivity index (χ1) is 15.9. The number of benzene rings is 3. The van der Waals surface area contributed by atoms with E-state index >= 15 is 0 Å². The monoisotopic (exact) mass is 449 g/mol. The molecule has 0 aliphatic carbocycles. The zero-order valence-corrected chi connectivity index (χ0v) is 17.7. The lowest BCUT2D eigenvalue weighted by Crippen LogP contribution is -2.50. The van der Waals surface area contributed by atoms with Gasteiger partial charge in [0.1, 0.15) is 25.0 Å². The molecular weight excluding hydrogens is 426 g/mol. The molecule has 0 bridgehead atoms. The van der Waals surface area contributed by atoms with Crippen LogP contribution in [-0.2, 0) is 33.9 Å². The number of hydrogen-bond acceptors (Lipinski definition) is 6. The molecular formula is C25H23NO7. The van der Waals surface area contributed by atoms with Gasteiger partial charge in [0.25, 0.3) is 0 Å². The van der Waals surface area contributed by atoms with Gasteiger partial charge in [-0.1, -0.05) is 72.8 Å². The summed E-state index contributed by atoms with van der Waals surface area (Å²) in [4.78, 5) is 38.3. The van der Waals surface area contributed by atoms with Crippen LogP contribution in [0.4, 0.5) is 9.59 Å². The fraction of sp³-hybridized carbons (Fsp3) is 0.160. The predicted molar refractivity (Wildman–Crippen MR) is 118 cm³/mol. The molecule has 0 aliphatic heterocycles. The number of phenolic OH excluding ortho intramolecular Hbond substituents is 1. The molecule has 1 unspecified atom stereocenters. The summed E-state index contributed by atoms with van der Waals surface area (Å²) in [6.07, 6.45) is -2.47. The molecule has 8 nitrogen and oxygen atoms in total. The Balaban J connectivity index is 1.80. The van der Waals surface area contributed by atoms with Crippen LogP contribution in [-0.4, -0.2) is 39.3 Å². The van der Waals surface area contributed by atoms with Gasteiger partial charge in [0, 0.05) is 6.42 Å². The van der Waals surface area contributed by atoms with E-state index in [-0.39, 0.29) is 25.4 Å². The van der Waals surface area contributed by atoms with E-state index in [1.54, 1.807) is 60.7 Å². The molecule has 0 aliphatic rings. The Labute approximate surface area is 190 Å². The van der Waals surface area contributed by atoms with Gasteiger partial charge in [-0.2, -0.15) is 4.90 Å². The normalized spacial score (nSPS) is 11.3. The van der Waals surface area contributed by atoms with Gasteiger partial charge in [-0.05, 0) is 28.8 Å². The van der Waals surface area contributed by atoms with Crippen LogP contribution in [0.5, 0.6) is 5.75 Å². The van der Waals surface area contributed by atoms with Gasteiger partial charge in [-0.3, -0.25) is 0 Å². The van der Waals surface area contributed by atoms with Gasteiger partial charge < -0.3 is 19.7 Å².